The summed E-state index contributed by atoms with van der Waals surface area (Å²) >= 11 is 5.20. The van der Waals surface area contributed by atoms with E-state index in [1.165, 1.54) is 0 Å². The molecule has 1 aromatic rings. The predicted octanol–water partition coefficient (Wildman–Crippen LogP) is 3.99. The predicted molar refractivity (Wildman–Crippen MR) is 52.2 cm³/mol. The monoisotopic (exact) mass is 274 g/mol. The highest BCUT2D eigenvalue weighted by atomic mass is 35.5. The van der Waals surface area contributed by atoms with Gasteiger partial charge in [0.1, 0.15) is 17.4 Å². The van der Waals surface area contributed by atoms with Crippen molar-refractivity contribution in [1.29, 1.82) is 0 Å². The first-order valence-electron chi connectivity index (χ1n) is 4.40. The molecule has 0 spiro atoms. The summed E-state index contributed by atoms with van der Waals surface area (Å²) in [5.74, 6) is -3.04. The van der Waals surface area contributed by atoms with E-state index in [9.17, 15) is 22.0 Å². The molecule has 1 nitrogen and oxygen atoms in total. The third kappa shape index (κ3) is 2.46. The number of alkyl halides is 4. The Morgan fingerprint density at radius 2 is 1.53 bits per heavy atom. The molecule has 0 N–H and O–H groups in total. The molecule has 17 heavy (non-hydrogen) atoms. The van der Waals surface area contributed by atoms with Crippen molar-refractivity contribution in [1.82, 2.24) is 0 Å². The second-order valence-corrected chi connectivity index (χ2v) is 4.22. The number of halogens is 6. The van der Waals surface area contributed by atoms with Crippen molar-refractivity contribution < 1.29 is 26.7 Å². The van der Waals surface area contributed by atoms with Crippen LogP contribution in [0.3, 0.4) is 0 Å². The topological polar surface area (TPSA) is 9.23 Å². The third-order valence-electron chi connectivity index (χ3n) is 2.25. The second kappa shape index (κ2) is 4.33. The Hall–Kier alpha value is -1.04. The Morgan fingerprint density at radius 3 is 1.82 bits per heavy atom. The lowest BCUT2D eigenvalue weighted by Gasteiger charge is -2.26. The van der Waals surface area contributed by atoms with Gasteiger partial charge in [-0.15, -0.1) is 11.6 Å². The largest absolute Gasteiger partial charge is 0.497 e. The highest BCUT2D eigenvalue weighted by Crippen LogP contribution is 2.46. The minimum atomic E-state index is -4.98. The third-order valence-corrected chi connectivity index (χ3v) is 2.66. The van der Waals surface area contributed by atoms with E-state index < -0.39 is 28.2 Å². The quantitative estimate of drug-likeness (QED) is 0.585. The molecule has 1 rings (SSSR count). The molecule has 1 aromatic carbocycles. The lowest BCUT2D eigenvalue weighted by molar-refractivity contribution is -0.161. The maximum atomic E-state index is 13.4. The summed E-state index contributed by atoms with van der Waals surface area (Å²) in [5.41, 5.74) is -1.24. The zero-order chi connectivity index (χ0) is 13.4. The van der Waals surface area contributed by atoms with Crippen molar-refractivity contribution in [2.75, 3.05) is 7.11 Å². The van der Waals surface area contributed by atoms with Crippen molar-refractivity contribution in [3.8, 4) is 5.75 Å². The number of methoxy groups -OCH3 is 1. The van der Waals surface area contributed by atoms with E-state index in [4.69, 9.17) is 11.6 Å². The molecule has 0 aromatic heterocycles. The Labute approximate surface area is 99.1 Å². The molecule has 0 aliphatic rings. The maximum absolute atomic E-state index is 13.4. The molecule has 0 heterocycles. The van der Waals surface area contributed by atoms with Crippen molar-refractivity contribution in [2.45, 2.75) is 18.0 Å². The van der Waals surface area contributed by atoms with E-state index in [0.717, 1.165) is 7.11 Å². The first-order chi connectivity index (χ1) is 7.61. The minimum Gasteiger partial charge on any atom is -0.497 e. The van der Waals surface area contributed by atoms with E-state index in [1.54, 1.807) is 0 Å². The Kier molecular flexibility index (Phi) is 3.57. The first-order valence-corrected chi connectivity index (χ1v) is 4.78. The summed E-state index contributed by atoms with van der Waals surface area (Å²) in [6.07, 6.45) is -4.98. The van der Waals surface area contributed by atoms with E-state index in [1.807, 2.05) is 0 Å². The zero-order valence-electron chi connectivity index (χ0n) is 8.83. The van der Waals surface area contributed by atoms with E-state index in [0.29, 0.717) is 19.1 Å². The molecule has 96 valence electrons. The van der Waals surface area contributed by atoms with Crippen molar-refractivity contribution in [3.63, 3.8) is 0 Å². The van der Waals surface area contributed by atoms with Crippen molar-refractivity contribution in [3.05, 3.63) is 29.3 Å². The van der Waals surface area contributed by atoms with Crippen LogP contribution in [0.4, 0.5) is 22.0 Å². The van der Waals surface area contributed by atoms with Gasteiger partial charge in [0.2, 0.25) is 0 Å². The highest BCUT2D eigenvalue weighted by molar-refractivity contribution is 6.24. The highest BCUT2D eigenvalue weighted by Gasteiger charge is 2.54. The molecule has 1 atom stereocenters. The fraction of sp³-hybridized carbons (Fsp3) is 0.400. The average molecular weight is 275 g/mol. The minimum absolute atomic E-state index is 0.224. The first kappa shape index (κ1) is 14.0. The summed E-state index contributed by atoms with van der Waals surface area (Å²) in [6.45, 7) is 0.489. The van der Waals surface area contributed by atoms with Gasteiger partial charge in [0.15, 0.2) is 4.87 Å². The van der Waals surface area contributed by atoms with E-state index >= 15 is 0 Å². The van der Waals surface area contributed by atoms with Gasteiger partial charge in [0.05, 0.1) is 12.7 Å². The van der Waals surface area contributed by atoms with Gasteiger partial charge >= 0.3 is 6.18 Å². The number of rotatable bonds is 2. The normalized spacial score (nSPS) is 15.5. The van der Waals surface area contributed by atoms with Crippen LogP contribution in [0.15, 0.2) is 12.1 Å². The Bertz CT molecular complexity index is 404. The van der Waals surface area contributed by atoms with Gasteiger partial charge in [-0.2, -0.15) is 13.2 Å². The SMILES string of the molecule is COc1cc(F)c(C(C)(Cl)C(F)(F)F)c(F)c1. The fourth-order valence-corrected chi connectivity index (χ4v) is 1.44. The molecule has 0 saturated heterocycles. The zero-order valence-corrected chi connectivity index (χ0v) is 9.59. The number of ether oxygens (including phenoxy) is 1. The fourth-order valence-electron chi connectivity index (χ4n) is 1.26. The summed E-state index contributed by atoms with van der Waals surface area (Å²) in [6, 6.07) is 1.29. The lowest BCUT2D eigenvalue weighted by Crippen LogP contribution is -2.35. The smallest absolute Gasteiger partial charge is 0.411 e. The summed E-state index contributed by atoms with van der Waals surface area (Å²) < 4.78 is 69.1. The van der Waals surface area contributed by atoms with Gasteiger partial charge in [-0.1, -0.05) is 0 Å². The molecule has 0 amide bonds. The second-order valence-electron chi connectivity index (χ2n) is 3.47. The lowest BCUT2D eigenvalue weighted by atomic mass is 9.98. The standard InChI is InChI=1S/C10H8ClF5O/c1-9(11,10(14,15)16)8-6(12)3-5(17-2)4-7(8)13/h3-4H,1-2H3. The van der Waals surface area contributed by atoms with Crippen LogP contribution in [0.1, 0.15) is 12.5 Å². The van der Waals surface area contributed by atoms with Gasteiger partial charge in [-0.05, 0) is 6.92 Å². The molecule has 0 bridgehead atoms. The number of hydrogen-bond donors (Lipinski definition) is 0. The van der Waals surface area contributed by atoms with Gasteiger partial charge in [-0.25, -0.2) is 8.78 Å². The van der Waals surface area contributed by atoms with Crippen LogP contribution >= 0.6 is 11.6 Å². The van der Waals surface area contributed by atoms with Crippen LogP contribution in [-0.2, 0) is 4.87 Å². The molecule has 0 aliphatic heterocycles. The van der Waals surface area contributed by atoms with Crippen LogP contribution in [0.5, 0.6) is 5.75 Å². The van der Waals surface area contributed by atoms with Crippen LogP contribution < -0.4 is 4.74 Å². The van der Waals surface area contributed by atoms with Crippen LogP contribution in [-0.4, -0.2) is 13.3 Å². The van der Waals surface area contributed by atoms with Crippen LogP contribution in [0, 0.1) is 11.6 Å². The average Bonchev–Trinajstić information content (AvgIpc) is 2.14. The van der Waals surface area contributed by atoms with Crippen molar-refractivity contribution >= 4 is 11.6 Å². The maximum Gasteiger partial charge on any atom is 0.411 e. The van der Waals surface area contributed by atoms with Crippen LogP contribution in [0.2, 0.25) is 0 Å². The molecule has 1 unspecified atom stereocenters. The van der Waals surface area contributed by atoms with Gasteiger partial charge in [0.25, 0.3) is 0 Å². The van der Waals surface area contributed by atoms with Crippen LogP contribution in [0.25, 0.3) is 0 Å². The molecule has 7 heteroatoms. The molecular weight excluding hydrogens is 267 g/mol. The summed E-state index contributed by atoms with van der Waals surface area (Å²) in [4.78, 5) is -3.13. The Morgan fingerprint density at radius 1 is 1.12 bits per heavy atom. The number of benzene rings is 1. The molecule has 0 radical (unpaired) electrons. The molecule has 0 fully saturated rings. The Balaban J connectivity index is 3.42. The summed E-state index contributed by atoms with van der Waals surface area (Å²) in [5, 5.41) is 0. The molecule has 0 aliphatic carbocycles. The number of hydrogen-bond acceptors (Lipinski definition) is 1. The molecular formula is C10H8ClF5O. The molecule has 0 saturated carbocycles. The van der Waals surface area contributed by atoms with Crippen molar-refractivity contribution in [2.24, 2.45) is 0 Å². The van der Waals surface area contributed by atoms with Gasteiger partial charge < -0.3 is 4.74 Å². The van der Waals surface area contributed by atoms with E-state index in [2.05, 4.69) is 4.74 Å². The van der Waals surface area contributed by atoms with Gasteiger partial charge in [-0.3, -0.25) is 0 Å². The van der Waals surface area contributed by atoms with E-state index in [-0.39, 0.29) is 5.75 Å². The van der Waals surface area contributed by atoms with Gasteiger partial charge in [0, 0.05) is 12.1 Å². The summed E-state index contributed by atoms with van der Waals surface area (Å²) in [7, 11) is 1.14.